The highest BCUT2D eigenvalue weighted by atomic mass is 32.2. The van der Waals surface area contributed by atoms with Crippen LogP contribution in [0.25, 0.3) is 0 Å². The molecule has 0 aliphatic carbocycles. The number of nitrogens with zero attached hydrogens (tertiary/aromatic N) is 1. The van der Waals surface area contributed by atoms with Gasteiger partial charge in [0.15, 0.2) is 0 Å². The average molecular weight is 249 g/mol. The van der Waals surface area contributed by atoms with Crippen LogP contribution in [0.2, 0.25) is 0 Å². The standard InChI is InChI=1S/C6H10F3NO4S/c1-5(2,4(11)12)10(3)15(13,14)6(7,8)9/h1-3H3,(H,11,12). The summed E-state index contributed by atoms with van der Waals surface area (Å²) in [5, 5.41) is 8.57. The molecule has 9 heteroatoms. The van der Waals surface area contributed by atoms with Crippen LogP contribution >= 0.6 is 0 Å². The molecule has 0 bridgehead atoms. The number of carboxylic acids is 1. The van der Waals surface area contributed by atoms with E-state index in [1.54, 1.807) is 0 Å². The smallest absolute Gasteiger partial charge is 0.480 e. The molecule has 5 nitrogen and oxygen atoms in total. The normalized spacial score (nSPS) is 14.3. The number of sulfonamides is 1. The number of aliphatic carboxylic acids is 1. The highest BCUT2D eigenvalue weighted by Crippen LogP contribution is 2.30. The van der Waals surface area contributed by atoms with E-state index in [0.717, 1.165) is 13.8 Å². The summed E-state index contributed by atoms with van der Waals surface area (Å²) in [6.45, 7) is 1.72. The molecule has 0 spiro atoms. The number of alkyl halides is 3. The van der Waals surface area contributed by atoms with Gasteiger partial charge in [-0.1, -0.05) is 0 Å². The highest BCUT2D eigenvalue weighted by Gasteiger charge is 2.54. The minimum absolute atomic E-state index is 0.220. The molecule has 1 N–H and O–H groups in total. The molecule has 0 aromatic rings. The Kier molecular flexibility index (Phi) is 3.43. The van der Waals surface area contributed by atoms with Crippen LogP contribution in [0.5, 0.6) is 0 Å². The van der Waals surface area contributed by atoms with Crippen molar-refractivity contribution < 1.29 is 31.5 Å². The van der Waals surface area contributed by atoms with Crippen molar-refractivity contribution in [3.05, 3.63) is 0 Å². The van der Waals surface area contributed by atoms with Crippen molar-refractivity contribution in [1.29, 1.82) is 0 Å². The van der Waals surface area contributed by atoms with Gasteiger partial charge in [-0.15, -0.1) is 0 Å². The van der Waals surface area contributed by atoms with Gasteiger partial charge in [-0.05, 0) is 13.8 Å². The third-order valence-corrected chi connectivity index (χ3v) is 3.73. The van der Waals surface area contributed by atoms with E-state index in [1.165, 1.54) is 0 Å². The molecule has 0 saturated heterocycles. The van der Waals surface area contributed by atoms with Crippen molar-refractivity contribution in [2.24, 2.45) is 0 Å². The quantitative estimate of drug-likeness (QED) is 0.796. The fourth-order valence-electron chi connectivity index (χ4n) is 0.590. The SMILES string of the molecule is CN(C(C)(C)C(=O)O)S(=O)(=O)C(F)(F)F. The minimum atomic E-state index is -5.63. The maximum absolute atomic E-state index is 12.1. The Morgan fingerprint density at radius 2 is 1.60 bits per heavy atom. The van der Waals surface area contributed by atoms with E-state index in [2.05, 4.69) is 0 Å². The number of carbonyl (C=O) groups is 1. The molecule has 0 heterocycles. The van der Waals surface area contributed by atoms with Crippen molar-refractivity contribution in [2.75, 3.05) is 7.05 Å². The summed E-state index contributed by atoms with van der Waals surface area (Å²) < 4.78 is 57.6. The lowest BCUT2D eigenvalue weighted by atomic mass is 10.1. The average Bonchev–Trinajstić information content (AvgIpc) is 2.00. The summed E-state index contributed by atoms with van der Waals surface area (Å²) in [7, 11) is -5.06. The van der Waals surface area contributed by atoms with E-state index in [1.807, 2.05) is 0 Å². The maximum Gasteiger partial charge on any atom is 0.511 e. The van der Waals surface area contributed by atoms with Gasteiger partial charge < -0.3 is 5.11 Å². The second-order valence-electron chi connectivity index (χ2n) is 3.28. The Hall–Kier alpha value is -0.830. The van der Waals surface area contributed by atoms with Gasteiger partial charge in [0.25, 0.3) is 0 Å². The van der Waals surface area contributed by atoms with Crippen LogP contribution in [0, 0.1) is 0 Å². The van der Waals surface area contributed by atoms with Gasteiger partial charge in [0.05, 0.1) is 0 Å². The van der Waals surface area contributed by atoms with Crippen molar-refractivity contribution in [2.45, 2.75) is 24.9 Å². The van der Waals surface area contributed by atoms with Crippen LogP contribution < -0.4 is 0 Å². The van der Waals surface area contributed by atoms with E-state index in [4.69, 9.17) is 5.11 Å². The maximum atomic E-state index is 12.1. The monoisotopic (exact) mass is 249 g/mol. The van der Waals surface area contributed by atoms with E-state index >= 15 is 0 Å². The van der Waals surface area contributed by atoms with Crippen LogP contribution in [0.3, 0.4) is 0 Å². The third kappa shape index (κ3) is 2.40. The summed E-state index contributed by atoms with van der Waals surface area (Å²) in [4.78, 5) is 10.6. The molecular weight excluding hydrogens is 239 g/mol. The van der Waals surface area contributed by atoms with E-state index in [0.29, 0.717) is 7.05 Å². The molecule has 0 atom stereocenters. The first kappa shape index (κ1) is 14.2. The van der Waals surface area contributed by atoms with Gasteiger partial charge >= 0.3 is 21.5 Å². The van der Waals surface area contributed by atoms with Crippen LogP contribution in [0.4, 0.5) is 13.2 Å². The topological polar surface area (TPSA) is 74.7 Å². The Morgan fingerprint density at radius 1 is 1.27 bits per heavy atom. The second kappa shape index (κ2) is 3.63. The summed E-state index contributed by atoms with van der Waals surface area (Å²) in [6.07, 6.45) is 0. The fraction of sp³-hybridized carbons (Fsp3) is 0.833. The van der Waals surface area contributed by atoms with Crippen LogP contribution in [0.1, 0.15) is 13.8 Å². The summed E-state index contributed by atoms with van der Waals surface area (Å²) in [5.41, 5.74) is -7.66. The zero-order valence-corrected chi connectivity index (χ0v) is 8.98. The largest absolute Gasteiger partial charge is 0.511 e. The Bertz CT molecular complexity index is 359. The lowest BCUT2D eigenvalue weighted by Crippen LogP contribution is -2.54. The molecule has 0 aliphatic heterocycles. The first-order valence-corrected chi connectivity index (χ1v) is 5.08. The molecule has 0 fully saturated rings. The van der Waals surface area contributed by atoms with Gasteiger partial charge in [-0.2, -0.15) is 17.5 Å². The molecule has 0 unspecified atom stereocenters. The molecule has 15 heavy (non-hydrogen) atoms. The Balaban J connectivity index is 5.39. The van der Waals surface area contributed by atoms with Crippen molar-refractivity contribution in [3.63, 3.8) is 0 Å². The zero-order chi connectivity index (χ0) is 12.7. The Labute approximate surface area is 84.5 Å². The molecule has 0 rings (SSSR count). The number of hydrogen-bond donors (Lipinski definition) is 1. The van der Waals surface area contributed by atoms with Crippen molar-refractivity contribution >= 4 is 16.0 Å². The molecule has 0 aromatic carbocycles. The van der Waals surface area contributed by atoms with Gasteiger partial charge in [0, 0.05) is 7.05 Å². The van der Waals surface area contributed by atoms with E-state index in [-0.39, 0.29) is 4.31 Å². The predicted octanol–water partition coefficient (Wildman–Crippen LogP) is 0.631. The van der Waals surface area contributed by atoms with Gasteiger partial charge in [0.2, 0.25) is 0 Å². The molecule has 0 radical (unpaired) electrons. The van der Waals surface area contributed by atoms with Crippen LogP contribution in [0.15, 0.2) is 0 Å². The number of rotatable bonds is 3. The summed E-state index contributed by atoms with van der Waals surface area (Å²) >= 11 is 0. The number of hydrogen-bond acceptors (Lipinski definition) is 3. The second-order valence-corrected chi connectivity index (χ2v) is 5.24. The van der Waals surface area contributed by atoms with E-state index < -0.39 is 27.0 Å². The van der Waals surface area contributed by atoms with Gasteiger partial charge in [-0.3, -0.25) is 4.79 Å². The molecule has 0 saturated carbocycles. The molecule has 0 aromatic heterocycles. The van der Waals surface area contributed by atoms with Crippen LogP contribution in [-0.2, 0) is 14.8 Å². The van der Waals surface area contributed by atoms with Crippen molar-refractivity contribution in [1.82, 2.24) is 4.31 Å². The first-order valence-electron chi connectivity index (χ1n) is 3.64. The molecular formula is C6H10F3NO4S. The molecule has 90 valence electrons. The third-order valence-electron chi connectivity index (χ3n) is 1.96. The summed E-state index contributed by atoms with van der Waals surface area (Å²) in [5.74, 6) is -1.67. The lowest BCUT2D eigenvalue weighted by molar-refractivity contribution is -0.146. The molecule has 0 aliphatic rings. The molecule has 0 amide bonds. The Morgan fingerprint density at radius 3 is 1.80 bits per heavy atom. The minimum Gasteiger partial charge on any atom is -0.480 e. The van der Waals surface area contributed by atoms with Crippen LogP contribution in [-0.4, -0.2) is 41.9 Å². The zero-order valence-electron chi connectivity index (χ0n) is 8.16. The first-order chi connectivity index (χ1) is 6.35. The number of halogens is 3. The van der Waals surface area contributed by atoms with E-state index in [9.17, 15) is 26.4 Å². The fourth-order valence-corrected chi connectivity index (χ4v) is 1.58. The lowest BCUT2D eigenvalue weighted by Gasteiger charge is -2.30. The number of likely N-dealkylation sites (N-methyl/N-ethyl adjacent to an activating group) is 1. The van der Waals surface area contributed by atoms with Gasteiger partial charge in [-0.25, -0.2) is 8.42 Å². The van der Waals surface area contributed by atoms with Gasteiger partial charge in [0.1, 0.15) is 5.54 Å². The predicted molar refractivity (Wildman–Crippen MR) is 44.5 cm³/mol. The highest BCUT2D eigenvalue weighted by molar-refractivity contribution is 7.90. The number of carboxylic acid groups (broad SMARTS) is 1. The summed E-state index contributed by atoms with van der Waals surface area (Å²) in [6, 6.07) is 0. The van der Waals surface area contributed by atoms with Crippen molar-refractivity contribution in [3.8, 4) is 0 Å².